The van der Waals surface area contributed by atoms with E-state index in [1.54, 1.807) is 11.3 Å². The topological polar surface area (TPSA) is 39.4 Å². The van der Waals surface area contributed by atoms with Gasteiger partial charge in [-0.05, 0) is 134 Å². The van der Waals surface area contributed by atoms with Crippen LogP contribution in [0.2, 0.25) is 6.55 Å². The van der Waals surface area contributed by atoms with Crippen molar-refractivity contribution in [3.05, 3.63) is 204 Å². The minimum Gasteiger partial charge on any atom is -0.457 e. The SMILES string of the molecule is [2H]C1(c2ccc3c(c2)sc2nc4c(-c5ccc6c(c5)C(C)(C)c5cccc([Si](C)(c7ccccc7)c7ccc8c(c7)-c7ccccc7-c7ncccc7-c7ccccc7-8)c5O6)c(C5([2H])CCCC5)ccc4n23)CCCC1. The van der Waals surface area contributed by atoms with Crippen LogP contribution >= 0.6 is 11.3 Å². The van der Waals surface area contributed by atoms with Gasteiger partial charge in [-0.15, -0.1) is 0 Å². The standard InChI is InChI=1S/C68H57N3OSSi/c1-68(2)56-28-15-29-62(74(3,46-21-5-4-6-22-46)47-32-33-52-49-23-11-12-24-50(49)54-27-16-38-69-64(54)53-26-14-13-25-51(53)55(52)41-47)66(56)72-60-37-31-45(39-57(60)68)63-48(43-19-9-10-20-43)34-36-59-65(63)70-67-71(59)58-35-30-44(40-61(58)73-67)42-17-7-8-18-42/h4-6,11-16,21-43H,7-10,17-20H2,1-3H3/i42D,43D. The molecule has 1 atom stereocenters. The Morgan fingerprint density at radius 3 is 2.08 bits per heavy atom. The number of benzene rings is 8. The number of hydrogen-bond donors (Lipinski definition) is 0. The lowest BCUT2D eigenvalue weighted by Gasteiger charge is -2.39. The van der Waals surface area contributed by atoms with Crippen molar-refractivity contribution in [1.82, 2.24) is 14.4 Å². The van der Waals surface area contributed by atoms with E-state index in [4.69, 9.17) is 14.7 Å². The molecular weight excluding hydrogens is 935 g/mol. The van der Waals surface area contributed by atoms with Crippen molar-refractivity contribution >= 4 is 61.2 Å². The zero-order valence-electron chi connectivity index (χ0n) is 44.1. The van der Waals surface area contributed by atoms with Gasteiger partial charge < -0.3 is 4.74 Å². The van der Waals surface area contributed by atoms with Crippen LogP contribution in [0.5, 0.6) is 11.5 Å². The fourth-order valence-electron chi connectivity index (χ4n) is 13.6. The number of para-hydroxylation sites is 1. The molecule has 8 aromatic carbocycles. The molecule has 0 radical (unpaired) electrons. The van der Waals surface area contributed by atoms with Crippen LogP contribution < -0.4 is 20.3 Å². The van der Waals surface area contributed by atoms with Gasteiger partial charge in [0.15, 0.2) is 4.96 Å². The summed E-state index contributed by atoms with van der Waals surface area (Å²) >= 11 is 1.72. The third-order valence-electron chi connectivity index (χ3n) is 17.5. The molecular formula is C68H57N3OSSi. The molecule has 360 valence electrons. The molecule has 4 heterocycles. The maximum absolute atomic E-state index is 10.0. The first-order chi connectivity index (χ1) is 37.0. The average molecular weight is 994 g/mol. The molecule has 15 rings (SSSR count). The Balaban J connectivity index is 0.884. The van der Waals surface area contributed by atoms with E-state index in [1.165, 1.54) is 53.6 Å². The third-order valence-corrected chi connectivity index (χ3v) is 22.9. The molecule has 3 aliphatic carbocycles. The van der Waals surface area contributed by atoms with Crippen molar-refractivity contribution in [3.8, 4) is 67.3 Å². The molecule has 0 amide bonds. The molecule has 74 heavy (non-hydrogen) atoms. The highest BCUT2D eigenvalue weighted by molar-refractivity contribution is 7.23. The fourth-order valence-corrected chi connectivity index (χ4v) is 18.4. The van der Waals surface area contributed by atoms with Gasteiger partial charge in [0, 0.05) is 42.2 Å². The first-order valence-corrected chi connectivity index (χ1v) is 30.0. The maximum atomic E-state index is 10.0. The average Bonchev–Trinajstić information content (AvgIpc) is 4.28. The highest BCUT2D eigenvalue weighted by Crippen LogP contribution is 2.52. The highest BCUT2D eigenvalue weighted by atomic mass is 32.1. The van der Waals surface area contributed by atoms with Gasteiger partial charge >= 0.3 is 0 Å². The molecule has 0 saturated heterocycles. The van der Waals surface area contributed by atoms with E-state index in [1.807, 2.05) is 12.3 Å². The van der Waals surface area contributed by atoms with E-state index in [-0.39, 0.29) is 0 Å². The molecule has 0 bridgehead atoms. The second kappa shape index (κ2) is 16.8. The third kappa shape index (κ3) is 6.56. The Morgan fingerprint density at radius 2 is 1.28 bits per heavy atom. The van der Waals surface area contributed by atoms with E-state index in [0.717, 1.165) is 129 Å². The number of ether oxygens (including phenoxy) is 1. The van der Waals surface area contributed by atoms with Gasteiger partial charge in [0.25, 0.3) is 0 Å². The van der Waals surface area contributed by atoms with Crippen molar-refractivity contribution in [2.45, 2.75) is 89.0 Å². The number of aromatic nitrogens is 3. The maximum Gasteiger partial charge on any atom is 0.195 e. The zero-order valence-corrected chi connectivity index (χ0v) is 44.0. The number of hydrogen-bond acceptors (Lipinski definition) is 4. The zero-order chi connectivity index (χ0) is 51.1. The molecule has 1 aliphatic heterocycles. The molecule has 11 aromatic rings. The summed E-state index contributed by atoms with van der Waals surface area (Å²) < 4.78 is 30.2. The first-order valence-electron chi connectivity index (χ1n) is 27.7. The van der Waals surface area contributed by atoms with E-state index in [2.05, 4.69) is 195 Å². The summed E-state index contributed by atoms with van der Waals surface area (Å²) in [6.45, 7) is 7.23. The van der Waals surface area contributed by atoms with Gasteiger partial charge in [0.2, 0.25) is 0 Å². The highest BCUT2D eigenvalue weighted by Gasteiger charge is 2.43. The minimum absolute atomic E-state index is 0.437. The summed E-state index contributed by atoms with van der Waals surface area (Å²) in [6, 6.07) is 65.1. The summed E-state index contributed by atoms with van der Waals surface area (Å²) in [6.07, 6.45) is 9.78. The molecule has 3 aromatic heterocycles. The summed E-state index contributed by atoms with van der Waals surface area (Å²) in [4.78, 5) is 11.5. The Bertz CT molecular complexity index is 4200. The Kier molecular flexibility index (Phi) is 9.55. The molecule has 2 fully saturated rings. The molecule has 2 saturated carbocycles. The summed E-state index contributed by atoms with van der Waals surface area (Å²) in [5.41, 5.74) is 18.6. The molecule has 4 aliphatic rings. The van der Waals surface area contributed by atoms with Crippen LogP contribution in [0.4, 0.5) is 0 Å². The van der Waals surface area contributed by atoms with Gasteiger partial charge in [-0.25, -0.2) is 4.98 Å². The smallest absolute Gasteiger partial charge is 0.195 e. The van der Waals surface area contributed by atoms with Gasteiger partial charge in [-0.1, -0.05) is 197 Å². The number of nitrogens with zero attached hydrogens (tertiary/aromatic N) is 3. The lowest BCUT2D eigenvalue weighted by atomic mass is 9.74. The number of fused-ring (bicyclic) bond motifs is 15. The molecule has 4 nitrogen and oxygen atoms in total. The number of imidazole rings is 1. The predicted octanol–water partition coefficient (Wildman–Crippen LogP) is 16.6. The monoisotopic (exact) mass is 993 g/mol. The van der Waals surface area contributed by atoms with Crippen molar-refractivity contribution in [3.63, 3.8) is 0 Å². The van der Waals surface area contributed by atoms with Crippen LogP contribution in [-0.2, 0) is 5.41 Å². The van der Waals surface area contributed by atoms with Crippen molar-refractivity contribution in [2.24, 2.45) is 0 Å². The van der Waals surface area contributed by atoms with Crippen LogP contribution in [-0.4, -0.2) is 22.4 Å². The van der Waals surface area contributed by atoms with Crippen LogP contribution in [0.25, 0.3) is 82.0 Å². The van der Waals surface area contributed by atoms with E-state index in [9.17, 15) is 2.74 Å². The molecule has 1 unspecified atom stereocenters. The van der Waals surface area contributed by atoms with E-state index in [0.29, 0.717) is 0 Å². The van der Waals surface area contributed by atoms with E-state index < -0.39 is 25.3 Å². The number of rotatable bonds is 6. The quantitative estimate of drug-likeness (QED) is 0.123. The predicted molar refractivity (Wildman–Crippen MR) is 311 cm³/mol. The van der Waals surface area contributed by atoms with Crippen molar-refractivity contribution in [2.75, 3.05) is 0 Å². The lowest BCUT2D eigenvalue weighted by Crippen LogP contribution is -2.65. The summed E-state index contributed by atoms with van der Waals surface area (Å²) in [7, 11) is -2.86. The van der Waals surface area contributed by atoms with Gasteiger partial charge in [-0.2, -0.15) is 0 Å². The summed E-state index contributed by atoms with van der Waals surface area (Å²) in [5.74, 6) is 0.622. The van der Waals surface area contributed by atoms with Crippen LogP contribution in [0, 0.1) is 0 Å². The van der Waals surface area contributed by atoms with Crippen LogP contribution in [0.15, 0.2) is 182 Å². The van der Waals surface area contributed by atoms with Gasteiger partial charge in [0.05, 0.1) is 26.9 Å². The Hall–Kier alpha value is -7.38. The molecule has 0 spiro atoms. The summed E-state index contributed by atoms with van der Waals surface area (Å²) in [5, 5.41) is 3.87. The van der Waals surface area contributed by atoms with Crippen molar-refractivity contribution < 1.29 is 7.48 Å². The normalized spacial score (nSPS) is 17.9. The van der Waals surface area contributed by atoms with Crippen LogP contribution in [0.1, 0.15) is 102 Å². The van der Waals surface area contributed by atoms with Gasteiger partial charge in [0.1, 0.15) is 19.6 Å². The number of pyridine rings is 1. The fraction of sp³-hybridized carbons (Fsp3) is 0.206. The second-order valence-electron chi connectivity index (χ2n) is 21.9. The Morgan fingerprint density at radius 1 is 0.595 bits per heavy atom. The minimum atomic E-state index is -2.86. The largest absolute Gasteiger partial charge is 0.457 e. The van der Waals surface area contributed by atoms with Crippen molar-refractivity contribution in [1.29, 1.82) is 0 Å². The molecule has 0 N–H and O–H groups in total. The second-order valence-corrected chi connectivity index (χ2v) is 26.8. The Labute approximate surface area is 441 Å². The lowest BCUT2D eigenvalue weighted by molar-refractivity contribution is 0.421. The van der Waals surface area contributed by atoms with E-state index >= 15 is 0 Å². The van der Waals surface area contributed by atoms with Gasteiger partial charge in [-0.3, -0.25) is 9.38 Å². The first kappa shape index (κ1) is 42.0. The number of thiazole rings is 1. The molecule has 6 heteroatoms. The van der Waals surface area contributed by atoms with Crippen LogP contribution in [0.3, 0.4) is 0 Å².